The van der Waals surface area contributed by atoms with Gasteiger partial charge in [0, 0.05) is 26.1 Å². The van der Waals surface area contributed by atoms with Crippen LogP contribution >= 0.6 is 22.6 Å². The Kier molecular flexibility index (Phi) is 4.09. The number of hydrogen-bond acceptors (Lipinski definition) is 4. The summed E-state index contributed by atoms with van der Waals surface area (Å²) in [5, 5.41) is 0. The molecular formula is C6H12F2N2S2. The van der Waals surface area contributed by atoms with E-state index >= 15 is 0 Å². The summed E-state index contributed by atoms with van der Waals surface area (Å²) in [4.78, 5) is 1.76. The van der Waals surface area contributed by atoms with Gasteiger partial charge in [0.15, 0.2) is 0 Å². The summed E-state index contributed by atoms with van der Waals surface area (Å²) in [6.07, 6.45) is 0.00101. The average Bonchev–Trinajstić information content (AvgIpc) is 2.31. The van der Waals surface area contributed by atoms with Crippen LogP contribution in [0.25, 0.3) is 0 Å². The van der Waals surface area contributed by atoms with Crippen LogP contribution in [-0.4, -0.2) is 37.0 Å². The molecule has 0 aromatic heterocycles. The van der Waals surface area contributed by atoms with Gasteiger partial charge in [-0.05, 0) is 11.0 Å². The van der Waals surface area contributed by atoms with Crippen LogP contribution in [0.4, 0.5) is 8.78 Å². The molecule has 1 aliphatic rings. The third-order valence-corrected chi connectivity index (χ3v) is 2.56. The Hall–Kier alpha value is 0.480. The van der Waals surface area contributed by atoms with E-state index in [-0.39, 0.29) is 13.0 Å². The van der Waals surface area contributed by atoms with E-state index in [2.05, 4.69) is 16.4 Å². The first-order valence-electron chi connectivity index (χ1n) is 3.77. The molecule has 2 nitrogen and oxygen atoms in total. The van der Waals surface area contributed by atoms with E-state index in [1.54, 1.807) is 4.90 Å². The predicted octanol–water partition coefficient (Wildman–Crippen LogP) is 1.41. The van der Waals surface area contributed by atoms with Crippen LogP contribution in [0, 0.1) is 0 Å². The van der Waals surface area contributed by atoms with E-state index < -0.39 is 5.92 Å². The molecule has 0 radical (unpaired) electrons. The monoisotopic (exact) mass is 214 g/mol. The van der Waals surface area contributed by atoms with Crippen molar-refractivity contribution in [1.82, 2.24) is 9.62 Å². The Labute approximate surface area is 80.0 Å². The van der Waals surface area contributed by atoms with Crippen molar-refractivity contribution < 1.29 is 8.78 Å². The Morgan fingerprint density at radius 2 is 2.33 bits per heavy atom. The first kappa shape index (κ1) is 10.6. The van der Waals surface area contributed by atoms with Crippen molar-refractivity contribution in [3.8, 4) is 0 Å². The molecule has 6 heteroatoms. The van der Waals surface area contributed by atoms with Gasteiger partial charge < -0.3 is 0 Å². The summed E-state index contributed by atoms with van der Waals surface area (Å²) < 4.78 is 28.1. The SMILES string of the molecule is FC1(F)CCN(CCNSS)C1. The summed E-state index contributed by atoms with van der Waals surface area (Å²) in [5.41, 5.74) is 0. The Bertz CT molecular complexity index is 146. The fourth-order valence-electron chi connectivity index (χ4n) is 1.25. The summed E-state index contributed by atoms with van der Waals surface area (Å²) >= 11 is 3.87. The summed E-state index contributed by atoms with van der Waals surface area (Å²) in [5.74, 6) is -2.46. The van der Waals surface area contributed by atoms with Crippen LogP contribution < -0.4 is 4.72 Å². The van der Waals surface area contributed by atoms with Gasteiger partial charge in [0.05, 0.1) is 6.54 Å². The molecule has 0 amide bonds. The number of hydrogen-bond donors (Lipinski definition) is 2. The van der Waals surface area contributed by atoms with Crippen LogP contribution in [0.1, 0.15) is 6.42 Å². The van der Waals surface area contributed by atoms with Gasteiger partial charge in [-0.1, -0.05) is 11.7 Å². The first-order valence-corrected chi connectivity index (χ1v) is 5.64. The van der Waals surface area contributed by atoms with Crippen molar-refractivity contribution in [2.45, 2.75) is 12.3 Å². The molecule has 1 fully saturated rings. The zero-order valence-electron chi connectivity index (χ0n) is 6.59. The number of nitrogens with one attached hydrogen (secondary N) is 1. The molecule has 1 heterocycles. The van der Waals surface area contributed by atoms with Gasteiger partial charge >= 0.3 is 0 Å². The van der Waals surface area contributed by atoms with E-state index in [9.17, 15) is 8.78 Å². The van der Waals surface area contributed by atoms with Gasteiger partial charge in [-0.3, -0.25) is 9.62 Å². The number of halogens is 2. The molecule has 0 spiro atoms. The van der Waals surface area contributed by atoms with Gasteiger partial charge in [-0.25, -0.2) is 8.78 Å². The molecule has 1 saturated heterocycles. The highest BCUT2D eigenvalue weighted by atomic mass is 33.1. The maximum atomic E-state index is 12.6. The van der Waals surface area contributed by atoms with Gasteiger partial charge in [0.1, 0.15) is 0 Å². The lowest BCUT2D eigenvalue weighted by Crippen LogP contribution is -2.30. The second kappa shape index (κ2) is 4.64. The number of likely N-dealkylation sites (tertiary alicyclic amines) is 1. The number of rotatable bonds is 4. The van der Waals surface area contributed by atoms with Crippen molar-refractivity contribution >= 4 is 22.6 Å². The highest BCUT2D eigenvalue weighted by Gasteiger charge is 2.37. The second-order valence-electron chi connectivity index (χ2n) is 2.87. The van der Waals surface area contributed by atoms with Crippen LogP contribution in [0.2, 0.25) is 0 Å². The van der Waals surface area contributed by atoms with E-state index in [4.69, 9.17) is 0 Å². The largest absolute Gasteiger partial charge is 0.296 e. The van der Waals surface area contributed by atoms with Crippen molar-refractivity contribution in [2.24, 2.45) is 0 Å². The normalized spacial score (nSPS) is 23.2. The lowest BCUT2D eigenvalue weighted by Gasteiger charge is -2.14. The summed E-state index contributed by atoms with van der Waals surface area (Å²) in [7, 11) is 1.22. The molecule has 1 rings (SSSR count). The van der Waals surface area contributed by atoms with Gasteiger partial charge in [-0.15, -0.1) is 0 Å². The number of alkyl halides is 2. The second-order valence-corrected chi connectivity index (χ2v) is 3.89. The zero-order chi connectivity index (χ0) is 9.03. The molecule has 72 valence electrons. The molecule has 0 atom stereocenters. The van der Waals surface area contributed by atoms with E-state index in [0.717, 1.165) is 0 Å². The summed E-state index contributed by atoms with van der Waals surface area (Å²) in [6.45, 7) is 1.78. The zero-order valence-corrected chi connectivity index (χ0v) is 8.31. The van der Waals surface area contributed by atoms with E-state index in [1.807, 2.05) is 0 Å². The quantitative estimate of drug-likeness (QED) is 0.319. The standard InChI is InChI=1S/C6H12F2N2S2/c7-6(8)1-3-10(5-6)4-2-9-12-11/h9,11H,1-5H2. The molecule has 0 unspecified atom stereocenters. The average molecular weight is 214 g/mol. The molecule has 0 saturated carbocycles. The third kappa shape index (κ3) is 3.47. The molecule has 1 N–H and O–H groups in total. The molecule has 1 aliphatic heterocycles. The third-order valence-electron chi connectivity index (χ3n) is 1.84. The fraction of sp³-hybridized carbons (Fsp3) is 1.00. The topological polar surface area (TPSA) is 15.3 Å². The Balaban J connectivity index is 2.11. The Morgan fingerprint density at radius 1 is 1.58 bits per heavy atom. The van der Waals surface area contributed by atoms with Crippen molar-refractivity contribution in [3.63, 3.8) is 0 Å². The highest BCUT2D eigenvalue weighted by molar-refractivity contribution is 8.67. The number of thiol groups is 1. The van der Waals surface area contributed by atoms with Gasteiger partial charge in [-0.2, -0.15) is 0 Å². The van der Waals surface area contributed by atoms with Crippen LogP contribution in [0.15, 0.2) is 0 Å². The van der Waals surface area contributed by atoms with Crippen molar-refractivity contribution in [2.75, 3.05) is 26.2 Å². The molecule has 0 aromatic carbocycles. The van der Waals surface area contributed by atoms with Crippen LogP contribution in [0.5, 0.6) is 0 Å². The maximum Gasteiger partial charge on any atom is 0.261 e. The van der Waals surface area contributed by atoms with Crippen molar-refractivity contribution in [1.29, 1.82) is 0 Å². The van der Waals surface area contributed by atoms with E-state index in [0.29, 0.717) is 19.6 Å². The lowest BCUT2D eigenvalue weighted by molar-refractivity contribution is 0.0125. The summed E-state index contributed by atoms with van der Waals surface area (Å²) in [6, 6.07) is 0. The van der Waals surface area contributed by atoms with E-state index in [1.165, 1.54) is 11.0 Å². The van der Waals surface area contributed by atoms with Gasteiger partial charge in [0.25, 0.3) is 5.92 Å². The van der Waals surface area contributed by atoms with Crippen LogP contribution in [-0.2, 0) is 0 Å². The Morgan fingerprint density at radius 3 is 2.83 bits per heavy atom. The van der Waals surface area contributed by atoms with Crippen molar-refractivity contribution in [3.05, 3.63) is 0 Å². The van der Waals surface area contributed by atoms with Crippen LogP contribution in [0.3, 0.4) is 0 Å². The van der Waals surface area contributed by atoms with Gasteiger partial charge in [0.2, 0.25) is 0 Å². The molecule has 12 heavy (non-hydrogen) atoms. The minimum atomic E-state index is -2.46. The molecular weight excluding hydrogens is 202 g/mol. The number of nitrogens with zero attached hydrogens (tertiary/aromatic N) is 1. The minimum absolute atomic E-state index is 0.00101. The fourth-order valence-corrected chi connectivity index (χ4v) is 1.70. The first-order chi connectivity index (χ1) is 5.64. The molecule has 0 aromatic rings. The highest BCUT2D eigenvalue weighted by Crippen LogP contribution is 2.26. The minimum Gasteiger partial charge on any atom is -0.296 e. The lowest BCUT2D eigenvalue weighted by atomic mass is 10.3. The predicted molar refractivity (Wildman–Crippen MR) is 50.6 cm³/mol. The molecule has 0 aliphatic carbocycles. The molecule has 0 bridgehead atoms. The maximum absolute atomic E-state index is 12.6. The smallest absolute Gasteiger partial charge is 0.261 e.